The number of carbonyl (C=O) groups is 4. The second kappa shape index (κ2) is 15.2. The van der Waals surface area contributed by atoms with Gasteiger partial charge in [0.15, 0.2) is 11.5 Å². The zero-order valence-electron chi connectivity index (χ0n) is 32.2. The second-order valence-electron chi connectivity index (χ2n) is 14.9. The van der Waals surface area contributed by atoms with Gasteiger partial charge in [0.2, 0.25) is 17.6 Å². The summed E-state index contributed by atoms with van der Waals surface area (Å²) in [5, 5.41) is 12.3. The van der Waals surface area contributed by atoms with E-state index >= 15 is 4.79 Å². The quantitative estimate of drug-likeness (QED) is 0.121. The van der Waals surface area contributed by atoms with Crippen molar-refractivity contribution < 1.29 is 38.5 Å². The molecule has 2 aliphatic carbocycles. The molecule has 2 N–H and O–H groups in total. The van der Waals surface area contributed by atoms with Crippen LogP contribution in [0.25, 0.3) is 6.08 Å². The molecule has 4 aliphatic rings. The molecule has 0 bridgehead atoms. The Kier molecular flexibility index (Phi) is 10.2. The van der Waals surface area contributed by atoms with Crippen molar-refractivity contribution in [3.63, 3.8) is 0 Å². The van der Waals surface area contributed by atoms with E-state index in [9.17, 15) is 19.5 Å². The molecular weight excluding hydrogens is 781 g/mol. The molecule has 4 aromatic rings. The molecule has 6 atom stereocenters. The van der Waals surface area contributed by atoms with E-state index in [0.29, 0.717) is 33.3 Å². The Hall–Kier alpha value is -5.78. The van der Waals surface area contributed by atoms with Crippen molar-refractivity contribution in [1.82, 2.24) is 5.01 Å². The molecular formula is C45H41Cl2N3O8. The number of hydrogen-bond donors (Lipinski definition) is 2. The summed E-state index contributed by atoms with van der Waals surface area (Å²) in [4.78, 5) is 60.6. The van der Waals surface area contributed by atoms with Gasteiger partial charge in [-0.2, -0.15) is 5.01 Å². The fourth-order valence-electron chi connectivity index (χ4n) is 9.44. The maximum absolute atomic E-state index is 15.5. The Bertz CT molecular complexity index is 2370. The van der Waals surface area contributed by atoms with Crippen molar-refractivity contribution in [2.24, 2.45) is 29.6 Å². The number of phenols is 1. The van der Waals surface area contributed by atoms with Crippen LogP contribution in [0, 0.1) is 29.6 Å². The highest BCUT2D eigenvalue weighted by molar-refractivity contribution is 6.36. The second-order valence-corrected chi connectivity index (χ2v) is 15.8. The Morgan fingerprint density at radius 2 is 1.53 bits per heavy atom. The summed E-state index contributed by atoms with van der Waals surface area (Å²) in [6.45, 7) is 2.03. The molecule has 13 heteroatoms. The first-order chi connectivity index (χ1) is 28.0. The summed E-state index contributed by atoms with van der Waals surface area (Å²) in [7, 11) is 4.40. The average molecular weight is 823 g/mol. The lowest BCUT2D eigenvalue weighted by Crippen LogP contribution is -2.54. The molecule has 298 valence electrons. The van der Waals surface area contributed by atoms with Crippen molar-refractivity contribution in [3.05, 3.63) is 123 Å². The number of carbonyl (C=O) groups excluding carboxylic acids is 4. The van der Waals surface area contributed by atoms with Crippen molar-refractivity contribution in [2.75, 3.05) is 31.7 Å². The number of benzene rings is 4. The van der Waals surface area contributed by atoms with Crippen LogP contribution in [0.2, 0.25) is 10.0 Å². The number of halogens is 2. The zero-order chi connectivity index (χ0) is 41.0. The van der Waals surface area contributed by atoms with Gasteiger partial charge >= 0.3 is 0 Å². The largest absolute Gasteiger partial charge is 0.502 e. The van der Waals surface area contributed by atoms with E-state index in [-0.39, 0.29) is 46.9 Å². The van der Waals surface area contributed by atoms with Gasteiger partial charge in [0.05, 0.1) is 60.9 Å². The SMILES string of the molecule is CCc1ccc(N2C(=O)[C@H]3[C@H](CC=C4[C@H]3C[C@H]3C(=O)N(Nc5ccc(Cl)cc5Cl)C(=O)[C@@]3(c3ccc(OC)cc3)[C@H]4C=Cc3cc(OC)c(O)c(OC)c3)C2=O)cc1. The van der Waals surface area contributed by atoms with Gasteiger partial charge in [-0.3, -0.25) is 29.5 Å². The van der Waals surface area contributed by atoms with Crippen LogP contribution < -0.4 is 24.5 Å². The van der Waals surface area contributed by atoms with Gasteiger partial charge in [0.25, 0.3) is 11.8 Å². The van der Waals surface area contributed by atoms with Gasteiger partial charge in [-0.1, -0.05) is 78.2 Å². The number of amides is 4. The van der Waals surface area contributed by atoms with Crippen LogP contribution >= 0.6 is 23.2 Å². The molecule has 2 saturated heterocycles. The Morgan fingerprint density at radius 3 is 2.16 bits per heavy atom. The highest BCUT2D eigenvalue weighted by Gasteiger charge is 2.69. The van der Waals surface area contributed by atoms with Crippen molar-refractivity contribution >= 4 is 64.3 Å². The normalized spacial score (nSPS) is 25.1. The van der Waals surface area contributed by atoms with Crippen molar-refractivity contribution in [3.8, 4) is 23.0 Å². The molecule has 8 rings (SSSR count). The number of rotatable bonds is 10. The Balaban J connectivity index is 1.31. The van der Waals surface area contributed by atoms with Crippen LogP contribution in [0.5, 0.6) is 23.0 Å². The zero-order valence-corrected chi connectivity index (χ0v) is 33.7. The lowest BCUT2D eigenvalue weighted by molar-refractivity contribution is -0.139. The highest BCUT2D eigenvalue weighted by atomic mass is 35.5. The predicted molar refractivity (Wildman–Crippen MR) is 220 cm³/mol. The Labute approximate surface area is 345 Å². The number of allylic oxidation sites excluding steroid dienone is 3. The van der Waals surface area contributed by atoms with Crippen LogP contribution in [0.15, 0.2) is 96.6 Å². The van der Waals surface area contributed by atoms with E-state index in [1.54, 1.807) is 73.8 Å². The van der Waals surface area contributed by atoms with Gasteiger partial charge in [0, 0.05) is 10.9 Å². The molecule has 58 heavy (non-hydrogen) atoms. The predicted octanol–water partition coefficient (Wildman–Crippen LogP) is 8.02. The molecule has 1 saturated carbocycles. The molecule has 0 unspecified atom stereocenters. The van der Waals surface area contributed by atoms with E-state index in [1.807, 2.05) is 31.2 Å². The highest BCUT2D eigenvalue weighted by Crippen LogP contribution is 2.62. The van der Waals surface area contributed by atoms with Crippen LogP contribution in [-0.2, 0) is 31.0 Å². The minimum absolute atomic E-state index is 0.114. The Morgan fingerprint density at radius 1 is 0.845 bits per heavy atom. The lowest BCUT2D eigenvalue weighted by Gasteiger charge is -2.49. The minimum Gasteiger partial charge on any atom is -0.502 e. The molecule has 4 amide bonds. The molecule has 3 fully saturated rings. The van der Waals surface area contributed by atoms with Crippen molar-refractivity contribution in [1.29, 1.82) is 0 Å². The first-order valence-electron chi connectivity index (χ1n) is 19.0. The monoisotopic (exact) mass is 821 g/mol. The number of aromatic hydroxyl groups is 1. The summed E-state index contributed by atoms with van der Waals surface area (Å²) in [5.41, 5.74) is 5.27. The van der Waals surface area contributed by atoms with Gasteiger partial charge < -0.3 is 19.3 Å². The molecule has 0 aromatic heterocycles. The number of anilines is 2. The fraction of sp³-hybridized carbons (Fsp3) is 0.289. The number of methoxy groups -OCH3 is 3. The number of ether oxygens (including phenoxy) is 3. The average Bonchev–Trinajstić information content (AvgIpc) is 3.62. The van der Waals surface area contributed by atoms with E-state index in [4.69, 9.17) is 37.4 Å². The standard InChI is InChI=1S/C45H41Cl2N3O8/c1-5-24-6-12-28(13-7-24)49-41(52)31-17-16-30-32(39(31)43(49)54)23-34-42(53)50(48-36-19-11-27(46)22-35(36)47)44(55)45(34,26-9-14-29(56-2)15-10-26)33(30)18-8-25-20-37(57-3)40(51)38(21-25)58-4/h6-16,18-22,31-34,39,48,51H,5,17,23H2,1-4H3/t31-,32+,33-,34-,39-,45-/m0/s1. The van der Waals surface area contributed by atoms with Gasteiger partial charge in [0.1, 0.15) is 5.75 Å². The molecule has 4 aromatic carbocycles. The third kappa shape index (κ3) is 6.10. The minimum atomic E-state index is -1.53. The lowest BCUT2D eigenvalue weighted by atomic mass is 9.50. The summed E-state index contributed by atoms with van der Waals surface area (Å²) in [5.74, 6) is -4.71. The van der Waals surface area contributed by atoms with Crippen LogP contribution in [0.4, 0.5) is 11.4 Å². The molecule has 2 aliphatic heterocycles. The van der Waals surface area contributed by atoms with Gasteiger partial charge in [-0.25, -0.2) is 0 Å². The summed E-state index contributed by atoms with van der Waals surface area (Å²) >= 11 is 12.8. The van der Waals surface area contributed by atoms with E-state index in [0.717, 1.165) is 22.6 Å². The maximum atomic E-state index is 15.5. The van der Waals surface area contributed by atoms with E-state index in [2.05, 4.69) is 5.43 Å². The van der Waals surface area contributed by atoms with Crippen LogP contribution in [0.1, 0.15) is 36.5 Å². The van der Waals surface area contributed by atoms with Gasteiger partial charge in [-0.15, -0.1) is 0 Å². The van der Waals surface area contributed by atoms with E-state index < -0.39 is 46.8 Å². The van der Waals surface area contributed by atoms with E-state index in [1.165, 1.54) is 25.2 Å². The van der Waals surface area contributed by atoms with Crippen molar-refractivity contribution in [2.45, 2.75) is 31.6 Å². The fourth-order valence-corrected chi connectivity index (χ4v) is 9.89. The summed E-state index contributed by atoms with van der Waals surface area (Å²) in [6, 6.07) is 22.5. The topological polar surface area (TPSA) is 135 Å². The summed E-state index contributed by atoms with van der Waals surface area (Å²) in [6.07, 6.45) is 6.83. The molecule has 11 nitrogen and oxygen atoms in total. The smallest absolute Gasteiger partial charge is 0.260 e. The number of fused-ring (bicyclic) bond motifs is 4. The first-order valence-corrected chi connectivity index (χ1v) is 19.8. The first kappa shape index (κ1) is 39.1. The third-order valence-electron chi connectivity index (χ3n) is 12.2. The number of nitrogens with one attached hydrogen (secondary N) is 1. The third-order valence-corrected chi connectivity index (χ3v) is 12.8. The number of phenolic OH excluding ortho intramolecular Hbond substituents is 1. The number of hydrogen-bond acceptors (Lipinski definition) is 9. The van der Waals surface area contributed by atoms with Crippen LogP contribution in [-0.4, -0.2) is 55.1 Å². The van der Waals surface area contributed by atoms with Crippen LogP contribution in [0.3, 0.4) is 0 Å². The number of imide groups is 2. The van der Waals surface area contributed by atoms with Gasteiger partial charge in [-0.05, 0) is 96.5 Å². The number of aryl methyl sites for hydroxylation is 1. The summed E-state index contributed by atoms with van der Waals surface area (Å²) < 4.78 is 16.4. The number of nitrogens with zero attached hydrogens (tertiary/aromatic N) is 2. The molecule has 2 heterocycles. The number of hydrazine groups is 1. The molecule has 0 radical (unpaired) electrons. The maximum Gasteiger partial charge on any atom is 0.260 e. The molecule has 0 spiro atoms.